The van der Waals surface area contributed by atoms with Crippen molar-refractivity contribution in [1.82, 2.24) is 4.31 Å². The molecule has 1 amide bonds. The Morgan fingerprint density at radius 2 is 1.81 bits per heavy atom. The zero-order chi connectivity index (χ0) is 23.0. The molecule has 0 unspecified atom stereocenters. The summed E-state index contributed by atoms with van der Waals surface area (Å²) < 4.78 is 51.6. The molecular formula is C22H14BrFN2O5S. The second kappa shape index (κ2) is 8.26. The maximum absolute atomic E-state index is 13.7. The van der Waals surface area contributed by atoms with E-state index in [0.29, 0.717) is 11.3 Å². The lowest BCUT2D eigenvalue weighted by atomic mass is 10.1. The highest BCUT2D eigenvalue weighted by Crippen LogP contribution is 2.43. The third kappa shape index (κ3) is 3.81. The molecule has 0 N–H and O–H groups in total. The molecule has 7 nitrogen and oxygen atoms in total. The predicted molar refractivity (Wildman–Crippen MR) is 115 cm³/mol. The predicted octanol–water partition coefficient (Wildman–Crippen LogP) is 4.61. The van der Waals surface area contributed by atoms with Crippen LogP contribution in [0.5, 0.6) is 17.2 Å². The molecule has 10 heteroatoms. The number of ether oxygens (including phenoxy) is 2. The summed E-state index contributed by atoms with van der Waals surface area (Å²) in [6.07, 6.45) is 0. The maximum atomic E-state index is 13.7. The summed E-state index contributed by atoms with van der Waals surface area (Å²) in [6.45, 7) is -0.155. The SMILES string of the molecule is COc1ccc(CN2C(=O)c3ccc(Oc4cc(F)cc(C#N)c4)c(Br)c3S2(=O)=O)cc1. The van der Waals surface area contributed by atoms with Crippen molar-refractivity contribution in [3.8, 4) is 23.3 Å². The summed E-state index contributed by atoms with van der Waals surface area (Å²) in [4.78, 5) is 12.6. The van der Waals surface area contributed by atoms with E-state index in [0.717, 1.165) is 16.4 Å². The fourth-order valence-corrected chi connectivity index (χ4v) is 5.91. The van der Waals surface area contributed by atoms with Crippen LogP contribution in [0.4, 0.5) is 4.39 Å². The van der Waals surface area contributed by atoms with Crippen molar-refractivity contribution in [3.63, 3.8) is 0 Å². The van der Waals surface area contributed by atoms with Gasteiger partial charge in [-0.25, -0.2) is 17.1 Å². The van der Waals surface area contributed by atoms with Crippen LogP contribution in [0.3, 0.4) is 0 Å². The molecule has 0 bridgehead atoms. The van der Waals surface area contributed by atoms with Crippen LogP contribution >= 0.6 is 15.9 Å². The van der Waals surface area contributed by atoms with Crippen LogP contribution in [0.2, 0.25) is 0 Å². The largest absolute Gasteiger partial charge is 0.497 e. The Morgan fingerprint density at radius 3 is 2.47 bits per heavy atom. The third-order valence-electron chi connectivity index (χ3n) is 4.78. The summed E-state index contributed by atoms with van der Waals surface area (Å²) in [6, 6.07) is 14.7. The van der Waals surface area contributed by atoms with Crippen molar-refractivity contribution in [3.05, 3.63) is 81.6 Å². The first kappa shape index (κ1) is 21.8. The fraction of sp³-hybridized carbons (Fsp3) is 0.0909. The number of methoxy groups -OCH3 is 1. The van der Waals surface area contributed by atoms with Gasteiger partial charge in [-0.2, -0.15) is 5.26 Å². The highest BCUT2D eigenvalue weighted by molar-refractivity contribution is 9.10. The first-order valence-corrected chi connectivity index (χ1v) is 11.4. The number of hydrogen-bond donors (Lipinski definition) is 0. The second-order valence-electron chi connectivity index (χ2n) is 6.81. The normalized spacial score (nSPS) is 14.1. The van der Waals surface area contributed by atoms with E-state index in [1.807, 2.05) is 6.07 Å². The smallest absolute Gasteiger partial charge is 0.269 e. The van der Waals surface area contributed by atoms with E-state index in [1.165, 1.54) is 25.3 Å². The van der Waals surface area contributed by atoms with Crippen LogP contribution in [0.15, 0.2) is 64.0 Å². The van der Waals surface area contributed by atoms with E-state index in [1.54, 1.807) is 24.3 Å². The lowest BCUT2D eigenvalue weighted by Crippen LogP contribution is -2.29. The highest BCUT2D eigenvalue weighted by Gasteiger charge is 2.43. The third-order valence-corrected chi connectivity index (χ3v) is 7.65. The first-order chi connectivity index (χ1) is 15.2. The van der Waals surface area contributed by atoms with Gasteiger partial charge in [0, 0.05) is 6.07 Å². The summed E-state index contributed by atoms with van der Waals surface area (Å²) >= 11 is 3.22. The number of nitrogens with zero attached hydrogens (tertiary/aromatic N) is 2. The van der Waals surface area contributed by atoms with Crippen LogP contribution in [-0.2, 0) is 16.6 Å². The van der Waals surface area contributed by atoms with Gasteiger partial charge < -0.3 is 9.47 Å². The Hall–Kier alpha value is -3.42. The van der Waals surface area contributed by atoms with Gasteiger partial charge in [0.1, 0.15) is 28.0 Å². The van der Waals surface area contributed by atoms with Crippen molar-refractivity contribution >= 4 is 31.9 Å². The summed E-state index contributed by atoms with van der Waals surface area (Å²) in [5.41, 5.74) is 0.646. The molecule has 0 saturated heterocycles. The Labute approximate surface area is 191 Å². The van der Waals surface area contributed by atoms with Crippen LogP contribution < -0.4 is 9.47 Å². The number of fused-ring (bicyclic) bond motifs is 1. The van der Waals surface area contributed by atoms with Crippen LogP contribution in [0, 0.1) is 17.1 Å². The number of nitriles is 1. The number of carbonyl (C=O) groups is 1. The Balaban J connectivity index is 1.69. The molecule has 1 aliphatic heterocycles. The number of sulfonamides is 1. The zero-order valence-corrected chi connectivity index (χ0v) is 18.9. The minimum atomic E-state index is -4.18. The van der Waals surface area contributed by atoms with Crippen LogP contribution in [-0.4, -0.2) is 25.7 Å². The summed E-state index contributed by atoms with van der Waals surface area (Å²) in [7, 11) is -2.66. The molecule has 0 radical (unpaired) electrons. The van der Waals surface area contributed by atoms with Crippen LogP contribution in [0.1, 0.15) is 21.5 Å². The average molecular weight is 517 g/mol. The molecule has 0 aliphatic carbocycles. The summed E-state index contributed by atoms with van der Waals surface area (Å²) in [5, 5.41) is 9.00. The minimum Gasteiger partial charge on any atom is -0.497 e. The number of halogens is 2. The number of rotatable bonds is 5. The summed E-state index contributed by atoms with van der Waals surface area (Å²) in [5.74, 6) is -0.667. The van der Waals surface area contributed by atoms with Gasteiger partial charge in [-0.05, 0) is 57.9 Å². The molecule has 0 aromatic heterocycles. The molecule has 3 aromatic carbocycles. The van der Waals surface area contributed by atoms with E-state index >= 15 is 0 Å². The van der Waals surface area contributed by atoms with Crippen LogP contribution in [0.25, 0.3) is 0 Å². The van der Waals surface area contributed by atoms with Crippen molar-refractivity contribution in [2.75, 3.05) is 7.11 Å². The van der Waals surface area contributed by atoms with Gasteiger partial charge in [0.15, 0.2) is 0 Å². The lowest BCUT2D eigenvalue weighted by Gasteiger charge is -2.16. The number of benzene rings is 3. The number of amides is 1. The van der Waals surface area contributed by atoms with Crippen molar-refractivity contribution in [1.29, 1.82) is 5.26 Å². The molecule has 0 spiro atoms. The molecular weight excluding hydrogens is 503 g/mol. The topological polar surface area (TPSA) is 96.7 Å². The van der Waals surface area contributed by atoms with E-state index < -0.39 is 21.7 Å². The monoisotopic (exact) mass is 516 g/mol. The Bertz CT molecular complexity index is 1380. The molecule has 3 aromatic rings. The van der Waals surface area contributed by atoms with E-state index in [2.05, 4.69) is 15.9 Å². The van der Waals surface area contributed by atoms with Gasteiger partial charge in [-0.1, -0.05) is 12.1 Å². The average Bonchev–Trinajstić information content (AvgIpc) is 2.96. The minimum absolute atomic E-state index is 0.00491. The molecule has 4 rings (SSSR count). The molecule has 1 aliphatic rings. The van der Waals surface area contributed by atoms with Gasteiger partial charge in [0.25, 0.3) is 15.9 Å². The zero-order valence-electron chi connectivity index (χ0n) is 16.5. The first-order valence-electron chi connectivity index (χ1n) is 9.15. The quantitative estimate of drug-likeness (QED) is 0.491. The number of carbonyl (C=O) groups excluding carboxylic acids is 1. The molecule has 0 atom stereocenters. The van der Waals surface area contributed by atoms with Crippen molar-refractivity contribution in [2.24, 2.45) is 0 Å². The lowest BCUT2D eigenvalue weighted by molar-refractivity contribution is 0.0865. The van der Waals surface area contributed by atoms with Crippen molar-refractivity contribution in [2.45, 2.75) is 11.4 Å². The Kier molecular flexibility index (Phi) is 5.62. The van der Waals surface area contributed by atoms with E-state index in [4.69, 9.17) is 14.7 Å². The van der Waals surface area contributed by atoms with Gasteiger partial charge >= 0.3 is 0 Å². The number of hydrogen-bond acceptors (Lipinski definition) is 6. The van der Waals surface area contributed by atoms with Crippen molar-refractivity contribution < 1.29 is 27.1 Å². The Morgan fingerprint density at radius 1 is 1.09 bits per heavy atom. The van der Waals surface area contributed by atoms with E-state index in [9.17, 15) is 17.6 Å². The van der Waals surface area contributed by atoms with Gasteiger partial charge in [-0.15, -0.1) is 0 Å². The molecule has 162 valence electrons. The fourth-order valence-electron chi connectivity index (χ4n) is 3.26. The second-order valence-corrected chi connectivity index (χ2v) is 9.40. The molecule has 32 heavy (non-hydrogen) atoms. The standard InChI is InChI=1S/C22H14BrFN2O5S/c1-30-16-4-2-13(3-5-16)12-26-22(27)18-6-7-19(20(23)21(18)32(26,28)29)31-17-9-14(11-25)8-15(24)10-17/h2-10H,12H2,1H3. The van der Waals surface area contributed by atoms with Gasteiger partial charge in [-0.3, -0.25) is 4.79 Å². The molecule has 1 heterocycles. The van der Waals surface area contributed by atoms with Gasteiger partial charge in [0.05, 0.1) is 35.3 Å². The molecule has 0 saturated carbocycles. The highest BCUT2D eigenvalue weighted by atomic mass is 79.9. The van der Waals surface area contributed by atoms with Gasteiger partial charge in [0.2, 0.25) is 0 Å². The molecule has 0 fully saturated rings. The maximum Gasteiger partial charge on any atom is 0.269 e. The van der Waals surface area contributed by atoms with E-state index in [-0.39, 0.29) is 38.5 Å².